The Hall–Kier alpha value is -1.89. The summed E-state index contributed by atoms with van der Waals surface area (Å²) in [5.74, 6) is -0.626. The minimum absolute atomic E-state index is 0.103. The summed E-state index contributed by atoms with van der Waals surface area (Å²) in [6, 6.07) is 7.09. The predicted octanol–water partition coefficient (Wildman–Crippen LogP) is 4.42. The lowest BCUT2D eigenvalue weighted by Gasteiger charge is -2.09. The van der Waals surface area contributed by atoms with Crippen molar-refractivity contribution in [3.63, 3.8) is 0 Å². The molecule has 110 valence electrons. The van der Waals surface area contributed by atoms with Crippen molar-refractivity contribution in [3.05, 3.63) is 57.8 Å². The van der Waals surface area contributed by atoms with E-state index in [9.17, 15) is 18.0 Å². The molecule has 0 saturated carbocycles. The number of carbonyl (C=O) groups is 1. The molecule has 1 N–H and O–H groups in total. The molecule has 0 bridgehead atoms. The zero-order valence-corrected chi connectivity index (χ0v) is 12.4. The number of anilines is 1. The van der Waals surface area contributed by atoms with Gasteiger partial charge in [0.1, 0.15) is 5.69 Å². The molecule has 0 saturated heterocycles. The maximum absolute atomic E-state index is 12.6. The average molecular weight is 359 g/mol. The van der Waals surface area contributed by atoms with Gasteiger partial charge in [-0.25, -0.2) is 0 Å². The van der Waals surface area contributed by atoms with E-state index in [0.29, 0.717) is 5.69 Å². The zero-order valence-electron chi connectivity index (χ0n) is 10.8. The first-order valence-electron chi connectivity index (χ1n) is 5.88. The van der Waals surface area contributed by atoms with Gasteiger partial charge >= 0.3 is 6.18 Å². The summed E-state index contributed by atoms with van der Waals surface area (Å²) in [5.41, 5.74) is 0.272. The molecule has 0 atom stereocenters. The lowest BCUT2D eigenvalue weighted by Crippen LogP contribution is -2.15. The molecule has 7 heteroatoms. The van der Waals surface area contributed by atoms with Gasteiger partial charge in [0.15, 0.2) is 0 Å². The van der Waals surface area contributed by atoms with Gasteiger partial charge in [0.2, 0.25) is 0 Å². The number of halogens is 4. The number of nitrogens with zero attached hydrogens (tertiary/aromatic N) is 1. The van der Waals surface area contributed by atoms with Crippen LogP contribution >= 0.6 is 15.9 Å². The van der Waals surface area contributed by atoms with Gasteiger partial charge in [0, 0.05) is 21.9 Å². The van der Waals surface area contributed by atoms with E-state index in [1.165, 1.54) is 6.07 Å². The summed E-state index contributed by atoms with van der Waals surface area (Å²) >= 11 is 3.32. The molecular formula is C14H10BrF3N2O. The average Bonchev–Trinajstić information content (AvgIpc) is 2.42. The van der Waals surface area contributed by atoms with Gasteiger partial charge in [-0.05, 0) is 36.8 Å². The van der Waals surface area contributed by atoms with Crippen molar-refractivity contribution in [1.29, 1.82) is 0 Å². The largest absolute Gasteiger partial charge is 0.433 e. The second-order valence-corrected chi connectivity index (χ2v) is 5.20. The fraction of sp³-hybridized carbons (Fsp3) is 0.143. The van der Waals surface area contributed by atoms with Gasteiger partial charge in [-0.3, -0.25) is 9.78 Å². The quantitative estimate of drug-likeness (QED) is 0.862. The van der Waals surface area contributed by atoms with Gasteiger partial charge in [0.25, 0.3) is 5.91 Å². The normalized spacial score (nSPS) is 11.3. The van der Waals surface area contributed by atoms with Crippen LogP contribution in [0.2, 0.25) is 0 Å². The molecule has 0 aliphatic heterocycles. The fourth-order valence-corrected chi connectivity index (χ4v) is 1.98. The van der Waals surface area contributed by atoms with Crippen LogP contribution in [0, 0.1) is 6.92 Å². The molecular weight excluding hydrogens is 349 g/mol. The van der Waals surface area contributed by atoms with Gasteiger partial charge in [-0.1, -0.05) is 22.0 Å². The van der Waals surface area contributed by atoms with E-state index in [1.54, 1.807) is 18.2 Å². The second kappa shape index (κ2) is 5.85. The Balaban J connectivity index is 2.22. The van der Waals surface area contributed by atoms with Crippen molar-refractivity contribution in [2.45, 2.75) is 13.1 Å². The molecule has 0 fully saturated rings. The fourth-order valence-electron chi connectivity index (χ4n) is 1.60. The van der Waals surface area contributed by atoms with Gasteiger partial charge in [-0.15, -0.1) is 0 Å². The Labute approximate surface area is 127 Å². The molecule has 0 radical (unpaired) electrons. The maximum Gasteiger partial charge on any atom is 0.433 e. The van der Waals surface area contributed by atoms with Crippen LogP contribution in [0.1, 0.15) is 21.6 Å². The smallest absolute Gasteiger partial charge is 0.322 e. The highest BCUT2D eigenvalue weighted by molar-refractivity contribution is 9.10. The molecule has 0 unspecified atom stereocenters. The zero-order chi connectivity index (χ0) is 15.6. The summed E-state index contributed by atoms with van der Waals surface area (Å²) < 4.78 is 38.5. The highest BCUT2D eigenvalue weighted by Gasteiger charge is 2.32. The number of hydrogen-bond acceptors (Lipinski definition) is 2. The summed E-state index contributed by atoms with van der Waals surface area (Å²) in [6.45, 7) is 1.88. The Morgan fingerprint density at radius 1 is 1.24 bits per heavy atom. The number of nitrogens with one attached hydrogen (secondary N) is 1. The lowest BCUT2D eigenvalue weighted by atomic mass is 10.2. The summed E-state index contributed by atoms with van der Waals surface area (Å²) in [4.78, 5) is 15.2. The molecule has 1 aromatic heterocycles. The Morgan fingerprint density at radius 3 is 2.57 bits per heavy atom. The molecule has 0 aliphatic carbocycles. The monoisotopic (exact) mass is 358 g/mol. The molecule has 1 aromatic carbocycles. The number of rotatable bonds is 2. The highest BCUT2D eigenvalue weighted by atomic mass is 79.9. The summed E-state index contributed by atoms with van der Waals surface area (Å²) in [5, 5.41) is 2.54. The Morgan fingerprint density at radius 2 is 1.95 bits per heavy atom. The van der Waals surface area contributed by atoms with Crippen molar-refractivity contribution in [2.75, 3.05) is 5.32 Å². The number of alkyl halides is 3. The van der Waals surface area contributed by atoms with Crippen molar-refractivity contribution in [2.24, 2.45) is 0 Å². The van der Waals surface area contributed by atoms with E-state index < -0.39 is 17.8 Å². The summed E-state index contributed by atoms with van der Waals surface area (Å²) in [7, 11) is 0. The molecule has 1 amide bonds. The van der Waals surface area contributed by atoms with Crippen molar-refractivity contribution in [3.8, 4) is 0 Å². The number of aryl methyl sites for hydroxylation is 1. The first-order chi connectivity index (χ1) is 9.77. The third kappa shape index (κ3) is 3.81. The third-order valence-corrected chi connectivity index (χ3v) is 3.60. The van der Waals surface area contributed by atoms with E-state index in [-0.39, 0.29) is 5.56 Å². The number of aromatic nitrogens is 1. The van der Waals surface area contributed by atoms with Crippen molar-refractivity contribution >= 4 is 27.5 Å². The highest BCUT2D eigenvalue weighted by Crippen LogP contribution is 2.28. The van der Waals surface area contributed by atoms with Crippen LogP contribution < -0.4 is 5.32 Å². The number of benzene rings is 1. The third-order valence-electron chi connectivity index (χ3n) is 2.74. The molecule has 0 spiro atoms. The molecule has 2 aromatic rings. The van der Waals surface area contributed by atoms with Crippen molar-refractivity contribution < 1.29 is 18.0 Å². The Kier molecular flexibility index (Phi) is 4.32. The first-order valence-corrected chi connectivity index (χ1v) is 6.67. The number of pyridine rings is 1. The van der Waals surface area contributed by atoms with Crippen LogP contribution in [0.5, 0.6) is 0 Å². The topological polar surface area (TPSA) is 42.0 Å². The molecule has 1 heterocycles. The SMILES string of the molecule is Cc1ccc(NC(=O)c2ccnc(C(F)(F)F)c2)cc1Br. The molecule has 0 aliphatic rings. The Bertz CT molecular complexity index is 686. The number of amides is 1. The molecule has 2 rings (SSSR count). The second-order valence-electron chi connectivity index (χ2n) is 4.35. The van der Waals surface area contributed by atoms with E-state index in [0.717, 1.165) is 22.3 Å². The number of hydrogen-bond donors (Lipinski definition) is 1. The van der Waals surface area contributed by atoms with E-state index >= 15 is 0 Å². The molecule has 21 heavy (non-hydrogen) atoms. The van der Waals surface area contributed by atoms with E-state index in [4.69, 9.17) is 0 Å². The minimum atomic E-state index is -4.58. The van der Waals surface area contributed by atoms with E-state index in [2.05, 4.69) is 26.2 Å². The van der Waals surface area contributed by atoms with Gasteiger partial charge < -0.3 is 5.32 Å². The maximum atomic E-state index is 12.6. The van der Waals surface area contributed by atoms with Crippen LogP contribution in [0.15, 0.2) is 41.0 Å². The predicted molar refractivity (Wildman–Crippen MR) is 76.1 cm³/mol. The minimum Gasteiger partial charge on any atom is -0.322 e. The van der Waals surface area contributed by atoms with Crippen molar-refractivity contribution in [1.82, 2.24) is 4.98 Å². The van der Waals surface area contributed by atoms with Crippen LogP contribution in [-0.4, -0.2) is 10.9 Å². The van der Waals surface area contributed by atoms with E-state index in [1.807, 2.05) is 6.92 Å². The van der Waals surface area contributed by atoms with Crippen LogP contribution in [0.25, 0.3) is 0 Å². The number of carbonyl (C=O) groups excluding carboxylic acids is 1. The van der Waals surface area contributed by atoms with Crippen LogP contribution in [0.3, 0.4) is 0 Å². The summed E-state index contributed by atoms with van der Waals surface area (Å²) in [6.07, 6.45) is -3.62. The van der Waals surface area contributed by atoms with Crippen LogP contribution in [-0.2, 0) is 6.18 Å². The molecule has 3 nitrogen and oxygen atoms in total. The van der Waals surface area contributed by atoms with Gasteiger partial charge in [0.05, 0.1) is 0 Å². The lowest BCUT2D eigenvalue weighted by molar-refractivity contribution is -0.141. The van der Waals surface area contributed by atoms with Crippen LogP contribution in [0.4, 0.5) is 18.9 Å². The van der Waals surface area contributed by atoms with Gasteiger partial charge in [-0.2, -0.15) is 13.2 Å². The standard InChI is InChI=1S/C14H10BrF3N2O/c1-8-2-3-10(7-11(8)15)20-13(21)9-4-5-19-12(6-9)14(16,17)18/h2-7H,1H3,(H,20,21). The first kappa shape index (κ1) is 15.5.